The zero-order valence-corrected chi connectivity index (χ0v) is 10.8. The van der Waals surface area contributed by atoms with Crippen molar-refractivity contribution in [3.05, 3.63) is 18.1 Å². The highest BCUT2D eigenvalue weighted by atomic mass is 16.5. The van der Waals surface area contributed by atoms with Gasteiger partial charge in [-0.1, -0.05) is 0 Å². The zero-order chi connectivity index (χ0) is 12.4. The molecular formula is C13H20N4O. The Bertz CT molecular complexity index is 400. The molecular weight excluding hydrogens is 228 g/mol. The van der Waals surface area contributed by atoms with Crippen molar-refractivity contribution in [2.75, 3.05) is 31.5 Å². The number of anilines is 1. The quantitative estimate of drug-likeness (QED) is 0.863. The first-order valence-electron chi connectivity index (χ1n) is 6.70. The van der Waals surface area contributed by atoms with E-state index in [1.807, 2.05) is 13.0 Å². The molecule has 3 heterocycles. The fourth-order valence-corrected chi connectivity index (χ4v) is 2.78. The number of nitrogens with one attached hydrogen (secondary N) is 1. The average molecular weight is 248 g/mol. The first-order chi connectivity index (χ1) is 8.79. The molecule has 2 bridgehead atoms. The van der Waals surface area contributed by atoms with Gasteiger partial charge in [-0.2, -0.15) is 0 Å². The van der Waals surface area contributed by atoms with Crippen LogP contribution in [0, 0.1) is 6.92 Å². The Kier molecular flexibility index (Phi) is 3.43. The van der Waals surface area contributed by atoms with Crippen LogP contribution in [0.15, 0.2) is 12.4 Å². The van der Waals surface area contributed by atoms with Gasteiger partial charge >= 0.3 is 0 Å². The van der Waals surface area contributed by atoms with Crippen LogP contribution in [0.2, 0.25) is 0 Å². The molecule has 3 rings (SSSR count). The van der Waals surface area contributed by atoms with E-state index in [1.165, 1.54) is 12.8 Å². The lowest BCUT2D eigenvalue weighted by Gasteiger charge is -2.32. The molecule has 2 saturated heterocycles. The summed E-state index contributed by atoms with van der Waals surface area (Å²) in [5.41, 5.74) is 0.997. The van der Waals surface area contributed by atoms with Crippen LogP contribution in [-0.4, -0.2) is 53.3 Å². The van der Waals surface area contributed by atoms with E-state index in [-0.39, 0.29) is 0 Å². The fourth-order valence-electron chi connectivity index (χ4n) is 2.78. The first kappa shape index (κ1) is 11.9. The zero-order valence-electron chi connectivity index (χ0n) is 10.8. The second-order valence-corrected chi connectivity index (χ2v) is 5.19. The second kappa shape index (κ2) is 5.20. The van der Waals surface area contributed by atoms with E-state index in [2.05, 4.69) is 20.2 Å². The van der Waals surface area contributed by atoms with Crippen molar-refractivity contribution >= 4 is 5.82 Å². The van der Waals surface area contributed by atoms with Crippen molar-refractivity contribution in [2.45, 2.75) is 32.0 Å². The summed E-state index contributed by atoms with van der Waals surface area (Å²) in [4.78, 5) is 10.8. The van der Waals surface area contributed by atoms with Crippen LogP contribution in [0.3, 0.4) is 0 Å². The van der Waals surface area contributed by atoms with Crippen LogP contribution in [-0.2, 0) is 4.74 Å². The minimum Gasteiger partial charge on any atom is -0.372 e. The van der Waals surface area contributed by atoms with Gasteiger partial charge in [-0.15, -0.1) is 0 Å². The van der Waals surface area contributed by atoms with Crippen LogP contribution in [0.25, 0.3) is 0 Å². The van der Waals surface area contributed by atoms with Gasteiger partial charge in [0.2, 0.25) is 0 Å². The van der Waals surface area contributed by atoms with E-state index in [4.69, 9.17) is 4.74 Å². The van der Waals surface area contributed by atoms with Gasteiger partial charge in [0.1, 0.15) is 12.1 Å². The van der Waals surface area contributed by atoms with E-state index in [0.29, 0.717) is 12.2 Å². The molecule has 5 heteroatoms. The number of aromatic nitrogens is 2. The monoisotopic (exact) mass is 248 g/mol. The molecule has 98 valence electrons. The molecule has 0 saturated carbocycles. The SMILES string of the molecule is Cc1cc(NCCN2CC3CCC(C2)O3)ncn1. The summed E-state index contributed by atoms with van der Waals surface area (Å²) in [5.74, 6) is 0.915. The van der Waals surface area contributed by atoms with Crippen molar-refractivity contribution in [2.24, 2.45) is 0 Å². The number of aryl methyl sites for hydroxylation is 1. The van der Waals surface area contributed by atoms with Crippen molar-refractivity contribution in [1.29, 1.82) is 0 Å². The summed E-state index contributed by atoms with van der Waals surface area (Å²) < 4.78 is 5.83. The Hall–Kier alpha value is -1.20. The average Bonchev–Trinajstić information content (AvgIpc) is 2.69. The van der Waals surface area contributed by atoms with Gasteiger partial charge in [-0.05, 0) is 19.8 Å². The molecule has 2 unspecified atom stereocenters. The van der Waals surface area contributed by atoms with Crippen molar-refractivity contribution in [1.82, 2.24) is 14.9 Å². The topological polar surface area (TPSA) is 50.3 Å². The Labute approximate surface area is 108 Å². The largest absolute Gasteiger partial charge is 0.372 e. The smallest absolute Gasteiger partial charge is 0.129 e. The normalized spacial score (nSPS) is 27.4. The maximum absolute atomic E-state index is 5.83. The number of nitrogens with zero attached hydrogens (tertiary/aromatic N) is 3. The molecule has 0 aromatic carbocycles. The van der Waals surface area contributed by atoms with Crippen molar-refractivity contribution in [3.63, 3.8) is 0 Å². The molecule has 1 aromatic rings. The molecule has 0 radical (unpaired) electrons. The summed E-state index contributed by atoms with van der Waals surface area (Å²) in [6.07, 6.45) is 5.03. The number of morpholine rings is 1. The summed E-state index contributed by atoms with van der Waals surface area (Å²) in [5, 5.41) is 3.35. The Morgan fingerprint density at radius 1 is 1.33 bits per heavy atom. The Morgan fingerprint density at radius 3 is 2.83 bits per heavy atom. The molecule has 2 atom stereocenters. The summed E-state index contributed by atoms with van der Waals surface area (Å²) >= 11 is 0. The van der Waals surface area contributed by atoms with E-state index in [1.54, 1.807) is 6.33 Å². The third kappa shape index (κ3) is 2.79. The predicted octanol–water partition coefficient (Wildman–Crippen LogP) is 1.06. The van der Waals surface area contributed by atoms with Crippen LogP contribution in [0.5, 0.6) is 0 Å². The number of likely N-dealkylation sites (tertiary alicyclic amines) is 1. The van der Waals surface area contributed by atoms with Crippen LogP contribution < -0.4 is 5.32 Å². The lowest BCUT2D eigenvalue weighted by atomic mass is 10.2. The van der Waals surface area contributed by atoms with Crippen LogP contribution in [0.4, 0.5) is 5.82 Å². The summed E-state index contributed by atoms with van der Waals surface area (Å²) in [6, 6.07) is 1.98. The number of fused-ring (bicyclic) bond motifs is 2. The van der Waals surface area contributed by atoms with Gasteiger partial charge in [0.05, 0.1) is 12.2 Å². The maximum atomic E-state index is 5.83. The van der Waals surface area contributed by atoms with Gasteiger partial charge in [0.25, 0.3) is 0 Å². The van der Waals surface area contributed by atoms with E-state index >= 15 is 0 Å². The number of hydrogen-bond donors (Lipinski definition) is 1. The maximum Gasteiger partial charge on any atom is 0.129 e. The summed E-state index contributed by atoms with van der Waals surface area (Å²) in [7, 11) is 0. The van der Waals surface area contributed by atoms with E-state index in [0.717, 1.165) is 37.7 Å². The van der Waals surface area contributed by atoms with E-state index < -0.39 is 0 Å². The van der Waals surface area contributed by atoms with Gasteiger partial charge in [0.15, 0.2) is 0 Å². The molecule has 5 nitrogen and oxygen atoms in total. The highest BCUT2D eigenvalue weighted by molar-refractivity contribution is 5.34. The molecule has 1 N–H and O–H groups in total. The number of rotatable bonds is 4. The van der Waals surface area contributed by atoms with Gasteiger partial charge < -0.3 is 10.1 Å². The Balaban J connectivity index is 1.45. The standard InChI is InChI=1S/C13H20N4O/c1-10-6-13(16-9-15-10)14-4-5-17-7-11-2-3-12(8-17)18-11/h6,9,11-12H,2-5,7-8H2,1H3,(H,14,15,16). The van der Waals surface area contributed by atoms with Crippen LogP contribution in [0.1, 0.15) is 18.5 Å². The highest BCUT2D eigenvalue weighted by Crippen LogP contribution is 2.25. The van der Waals surface area contributed by atoms with Gasteiger partial charge in [-0.3, -0.25) is 4.90 Å². The fraction of sp³-hybridized carbons (Fsp3) is 0.692. The molecule has 1 aromatic heterocycles. The van der Waals surface area contributed by atoms with Crippen molar-refractivity contribution in [3.8, 4) is 0 Å². The van der Waals surface area contributed by atoms with Gasteiger partial charge in [0, 0.05) is 37.9 Å². The lowest BCUT2D eigenvalue weighted by Crippen LogP contribution is -2.44. The predicted molar refractivity (Wildman–Crippen MR) is 69.6 cm³/mol. The highest BCUT2D eigenvalue weighted by Gasteiger charge is 2.33. The third-order valence-corrected chi connectivity index (χ3v) is 3.66. The molecule has 0 amide bonds. The lowest BCUT2D eigenvalue weighted by molar-refractivity contribution is -0.0368. The first-order valence-corrected chi connectivity index (χ1v) is 6.70. The van der Waals surface area contributed by atoms with E-state index in [9.17, 15) is 0 Å². The number of ether oxygens (including phenoxy) is 1. The number of hydrogen-bond acceptors (Lipinski definition) is 5. The molecule has 2 aliphatic heterocycles. The molecule has 0 spiro atoms. The van der Waals surface area contributed by atoms with Crippen molar-refractivity contribution < 1.29 is 4.74 Å². The second-order valence-electron chi connectivity index (χ2n) is 5.19. The minimum absolute atomic E-state index is 0.477. The third-order valence-electron chi connectivity index (χ3n) is 3.66. The molecule has 0 aliphatic carbocycles. The minimum atomic E-state index is 0.477. The Morgan fingerprint density at radius 2 is 2.11 bits per heavy atom. The summed E-state index contributed by atoms with van der Waals surface area (Å²) in [6.45, 7) is 6.13. The van der Waals surface area contributed by atoms with Crippen LogP contribution >= 0.6 is 0 Å². The van der Waals surface area contributed by atoms with Gasteiger partial charge in [-0.25, -0.2) is 9.97 Å². The molecule has 2 aliphatic rings. The molecule has 2 fully saturated rings. The molecule has 18 heavy (non-hydrogen) atoms.